The first-order valence-electron chi connectivity index (χ1n) is 11.5. The summed E-state index contributed by atoms with van der Waals surface area (Å²) in [5.74, 6) is -1.68. The van der Waals surface area contributed by atoms with Crippen molar-refractivity contribution < 1.29 is 46.8 Å². The zero-order valence-electron chi connectivity index (χ0n) is 20.6. The second kappa shape index (κ2) is 8.71. The van der Waals surface area contributed by atoms with Gasteiger partial charge in [0.15, 0.2) is 5.78 Å². The molecule has 4 rings (SSSR count). The molecule has 10 heteroatoms. The Bertz CT molecular complexity index is 1110. The lowest BCUT2D eigenvalue weighted by Crippen LogP contribution is -2.54. The Hall–Kier alpha value is -2.69. The molecule has 0 amide bonds. The third-order valence-electron chi connectivity index (χ3n) is 6.64. The molecule has 0 radical (unpaired) electrons. The van der Waals surface area contributed by atoms with Crippen molar-refractivity contribution in [2.75, 3.05) is 7.11 Å². The quantitative estimate of drug-likeness (QED) is 0.601. The Morgan fingerprint density at radius 3 is 2.36 bits per heavy atom. The molecule has 0 saturated heterocycles. The molecular weight excluding hydrogens is 481 g/mol. The van der Waals surface area contributed by atoms with E-state index in [0.717, 1.165) is 19.2 Å². The molecule has 2 heterocycles. The molecule has 0 bridgehead atoms. The second-order valence-electron chi connectivity index (χ2n) is 10.4. The van der Waals surface area contributed by atoms with Gasteiger partial charge in [-0.05, 0) is 33.8 Å². The van der Waals surface area contributed by atoms with Crippen LogP contribution in [-0.2, 0) is 34.1 Å². The van der Waals surface area contributed by atoms with Gasteiger partial charge in [0.05, 0.1) is 12.0 Å². The molecule has 1 aromatic carbocycles. The number of ketones is 1. The SMILES string of the molecule is CO[C@@](C(=O)O[C@H]1CC2=C(OC(C)(C)CC2=O)C2=C[C@@H](C(C)(C)O)O[C@H]21)(c1ccccc1)C(F)(F)F. The van der Waals surface area contributed by atoms with Gasteiger partial charge in [-0.1, -0.05) is 30.3 Å². The first-order valence-corrected chi connectivity index (χ1v) is 11.5. The molecular formula is C26H29F3O7. The van der Waals surface area contributed by atoms with E-state index in [4.69, 9.17) is 18.9 Å². The maximum absolute atomic E-state index is 14.4. The molecule has 1 aromatic rings. The fourth-order valence-electron chi connectivity index (χ4n) is 4.84. The molecule has 0 saturated carbocycles. The molecule has 1 aliphatic carbocycles. The predicted octanol–water partition coefficient (Wildman–Crippen LogP) is 3.89. The van der Waals surface area contributed by atoms with Gasteiger partial charge in [-0.3, -0.25) is 4.79 Å². The first-order chi connectivity index (χ1) is 16.6. The van der Waals surface area contributed by atoms with E-state index in [1.165, 1.54) is 32.0 Å². The summed E-state index contributed by atoms with van der Waals surface area (Å²) in [5.41, 5.74) is -5.44. The van der Waals surface area contributed by atoms with Crippen LogP contribution in [0.25, 0.3) is 0 Å². The predicted molar refractivity (Wildman–Crippen MR) is 121 cm³/mol. The fourth-order valence-corrected chi connectivity index (χ4v) is 4.84. The summed E-state index contributed by atoms with van der Waals surface area (Å²) in [6, 6.07) is 6.48. The number of Topliss-reactive ketones (excluding diaryl/α,β-unsaturated/α-hetero) is 1. The summed E-state index contributed by atoms with van der Waals surface area (Å²) in [5, 5.41) is 10.5. The van der Waals surface area contributed by atoms with Crippen molar-refractivity contribution in [1.82, 2.24) is 0 Å². The summed E-state index contributed by atoms with van der Waals surface area (Å²) in [6.07, 6.45) is -6.96. The molecule has 0 fully saturated rings. The third kappa shape index (κ3) is 4.35. The van der Waals surface area contributed by atoms with E-state index in [9.17, 15) is 27.9 Å². The fraction of sp³-hybridized carbons (Fsp3) is 0.538. The normalized spacial score (nSPS) is 27.4. The highest BCUT2D eigenvalue weighted by molar-refractivity contribution is 5.98. The topological polar surface area (TPSA) is 91.3 Å². The van der Waals surface area contributed by atoms with Crippen LogP contribution < -0.4 is 0 Å². The molecule has 4 atom stereocenters. The minimum Gasteiger partial charge on any atom is -0.487 e. The van der Waals surface area contributed by atoms with Gasteiger partial charge in [-0.25, -0.2) is 4.79 Å². The highest BCUT2D eigenvalue weighted by atomic mass is 19.4. The number of rotatable bonds is 5. The van der Waals surface area contributed by atoms with Crippen LogP contribution in [0.5, 0.6) is 0 Å². The molecule has 196 valence electrons. The molecule has 7 nitrogen and oxygen atoms in total. The van der Waals surface area contributed by atoms with Gasteiger partial charge < -0.3 is 24.1 Å². The maximum Gasteiger partial charge on any atom is 0.432 e. The zero-order chi connectivity index (χ0) is 26.7. The summed E-state index contributed by atoms with van der Waals surface area (Å²) in [6.45, 7) is 6.51. The van der Waals surface area contributed by atoms with Crippen LogP contribution in [0.3, 0.4) is 0 Å². The van der Waals surface area contributed by atoms with Gasteiger partial charge in [0.2, 0.25) is 0 Å². The number of alkyl halides is 3. The third-order valence-corrected chi connectivity index (χ3v) is 6.64. The van der Waals surface area contributed by atoms with Gasteiger partial charge in [-0.2, -0.15) is 13.2 Å². The summed E-state index contributed by atoms with van der Waals surface area (Å²) < 4.78 is 65.5. The molecule has 3 aliphatic rings. The number of fused-ring (bicyclic) bond motifs is 2. The summed E-state index contributed by atoms with van der Waals surface area (Å²) in [4.78, 5) is 26.3. The molecule has 0 unspecified atom stereocenters. The van der Waals surface area contributed by atoms with Crippen molar-refractivity contribution in [2.24, 2.45) is 0 Å². The van der Waals surface area contributed by atoms with Crippen LogP contribution in [-0.4, -0.2) is 59.7 Å². The number of halogens is 3. The maximum atomic E-state index is 14.4. The van der Waals surface area contributed by atoms with Gasteiger partial charge in [0.1, 0.15) is 29.7 Å². The number of carbonyl (C=O) groups excluding carboxylic acids is 2. The van der Waals surface area contributed by atoms with E-state index in [2.05, 4.69) is 0 Å². The van der Waals surface area contributed by atoms with Crippen molar-refractivity contribution in [2.45, 2.75) is 81.8 Å². The molecule has 2 aliphatic heterocycles. The lowest BCUT2D eigenvalue weighted by atomic mass is 9.81. The lowest BCUT2D eigenvalue weighted by Gasteiger charge is -2.41. The van der Waals surface area contributed by atoms with Crippen LogP contribution in [0.1, 0.15) is 46.1 Å². The molecule has 0 aromatic heterocycles. The molecule has 36 heavy (non-hydrogen) atoms. The Morgan fingerprint density at radius 2 is 1.81 bits per heavy atom. The van der Waals surface area contributed by atoms with E-state index in [1.807, 2.05) is 0 Å². The Morgan fingerprint density at radius 1 is 1.17 bits per heavy atom. The van der Waals surface area contributed by atoms with E-state index < -0.39 is 52.8 Å². The van der Waals surface area contributed by atoms with E-state index in [1.54, 1.807) is 19.9 Å². The highest BCUT2D eigenvalue weighted by Gasteiger charge is 2.65. The smallest absolute Gasteiger partial charge is 0.432 e. The van der Waals surface area contributed by atoms with Crippen molar-refractivity contribution >= 4 is 11.8 Å². The van der Waals surface area contributed by atoms with Crippen LogP contribution in [0.15, 0.2) is 53.3 Å². The largest absolute Gasteiger partial charge is 0.487 e. The minimum atomic E-state index is -5.15. The number of aliphatic hydroxyl groups is 1. The molecule has 0 spiro atoms. The minimum absolute atomic E-state index is 0.0504. The second-order valence-corrected chi connectivity index (χ2v) is 10.4. The van der Waals surface area contributed by atoms with Gasteiger partial charge in [0.25, 0.3) is 5.60 Å². The first kappa shape index (κ1) is 26.4. The van der Waals surface area contributed by atoms with Crippen LogP contribution in [0.2, 0.25) is 0 Å². The number of hydrogen-bond donors (Lipinski definition) is 1. The molecule has 1 N–H and O–H groups in total. The van der Waals surface area contributed by atoms with E-state index in [-0.39, 0.29) is 30.0 Å². The van der Waals surface area contributed by atoms with Crippen molar-refractivity contribution in [3.05, 3.63) is 58.9 Å². The zero-order valence-corrected chi connectivity index (χ0v) is 20.6. The number of hydrogen-bond acceptors (Lipinski definition) is 7. The standard InChI is InChI=1S/C26H29F3O7/c1-23(2)13-17(30)15-11-18(21-16(20(15)36-23)12-19(35-21)24(3,4)32)34-22(31)25(33-5,26(27,28)29)14-9-7-6-8-10-14/h6-10,12,18-19,21,32H,11,13H2,1-5H3/t18-,19-,21+,25+/m0/s1. The van der Waals surface area contributed by atoms with Crippen molar-refractivity contribution in [3.8, 4) is 0 Å². The number of benzene rings is 1. The highest BCUT2D eigenvalue weighted by Crippen LogP contribution is 2.48. The number of ether oxygens (including phenoxy) is 4. The average Bonchev–Trinajstić information content (AvgIpc) is 3.21. The Kier molecular flexibility index (Phi) is 6.38. The number of carbonyl (C=O) groups is 2. The lowest BCUT2D eigenvalue weighted by molar-refractivity contribution is -0.279. The van der Waals surface area contributed by atoms with Crippen LogP contribution >= 0.6 is 0 Å². The number of methoxy groups -OCH3 is 1. The summed E-state index contributed by atoms with van der Waals surface area (Å²) in [7, 11) is 0.783. The van der Waals surface area contributed by atoms with E-state index in [0.29, 0.717) is 5.57 Å². The van der Waals surface area contributed by atoms with Crippen molar-refractivity contribution in [3.63, 3.8) is 0 Å². The van der Waals surface area contributed by atoms with Gasteiger partial charge in [-0.15, -0.1) is 0 Å². The Labute approximate surface area is 206 Å². The Balaban J connectivity index is 1.76. The van der Waals surface area contributed by atoms with Gasteiger partial charge in [0, 0.05) is 30.2 Å². The average molecular weight is 511 g/mol. The van der Waals surface area contributed by atoms with E-state index >= 15 is 0 Å². The van der Waals surface area contributed by atoms with Gasteiger partial charge >= 0.3 is 12.1 Å². The van der Waals surface area contributed by atoms with Crippen molar-refractivity contribution in [1.29, 1.82) is 0 Å². The van der Waals surface area contributed by atoms with Crippen LogP contribution in [0.4, 0.5) is 13.2 Å². The number of esters is 1. The summed E-state index contributed by atoms with van der Waals surface area (Å²) >= 11 is 0. The van der Waals surface area contributed by atoms with Crippen LogP contribution in [0, 0.1) is 0 Å². The monoisotopic (exact) mass is 510 g/mol.